The van der Waals surface area contributed by atoms with E-state index in [0.29, 0.717) is 28.2 Å². The van der Waals surface area contributed by atoms with Crippen LogP contribution in [0.2, 0.25) is 0 Å². The van der Waals surface area contributed by atoms with Gasteiger partial charge in [-0.3, -0.25) is 0 Å². The Labute approximate surface area is 112 Å². The lowest BCUT2D eigenvalue weighted by molar-refractivity contribution is 0.620. The molecule has 0 fully saturated rings. The molecule has 1 aromatic heterocycles. The van der Waals surface area contributed by atoms with E-state index in [1.54, 1.807) is 25.1 Å². The van der Waals surface area contributed by atoms with Crippen molar-refractivity contribution in [2.75, 3.05) is 5.73 Å². The summed E-state index contributed by atoms with van der Waals surface area (Å²) in [4.78, 5) is 4.42. The van der Waals surface area contributed by atoms with E-state index >= 15 is 0 Å². The molecular formula is C16H17FN2. The van der Waals surface area contributed by atoms with Gasteiger partial charge in [-0.1, -0.05) is 12.6 Å². The van der Waals surface area contributed by atoms with Crippen LogP contribution in [0.1, 0.15) is 22.4 Å². The zero-order valence-electron chi connectivity index (χ0n) is 11.4. The van der Waals surface area contributed by atoms with Crippen LogP contribution in [0, 0.1) is 26.6 Å². The van der Waals surface area contributed by atoms with E-state index in [4.69, 9.17) is 5.73 Å². The fourth-order valence-corrected chi connectivity index (χ4v) is 1.97. The monoisotopic (exact) mass is 256 g/mol. The minimum Gasteiger partial charge on any atom is -0.398 e. The number of benzene rings is 1. The van der Waals surface area contributed by atoms with Crippen molar-refractivity contribution >= 4 is 11.8 Å². The van der Waals surface area contributed by atoms with Gasteiger partial charge in [0.15, 0.2) is 0 Å². The summed E-state index contributed by atoms with van der Waals surface area (Å²) >= 11 is 0. The molecule has 0 unspecified atom stereocenters. The molecule has 98 valence electrons. The minimum absolute atomic E-state index is 0.245. The molecule has 2 N–H and O–H groups in total. The molecule has 0 amide bonds. The molecule has 1 aromatic carbocycles. The second-order valence-electron chi connectivity index (χ2n) is 4.68. The van der Waals surface area contributed by atoms with Crippen LogP contribution in [0.5, 0.6) is 0 Å². The van der Waals surface area contributed by atoms with Gasteiger partial charge in [0.1, 0.15) is 5.82 Å². The van der Waals surface area contributed by atoms with Crippen molar-refractivity contribution in [3.63, 3.8) is 0 Å². The summed E-state index contributed by atoms with van der Waals surface area (Å²) in [6.45, 7) is 9.23. The van der Waals surface area contributed by atoms with Crippen LogP contribution in [0.15, 0.2) is 24.8 Å². The molecule has 2 nitrogen and oxygen atoms in total. The van der Waals surface area contributed by atoms with Gasteiger partial charge in [-0.15, -0.1) is 0 Å². The van der Waals surface area contributed by atoms with Crippen LogP contribution in [-0.4, -0.2) is 4.98 Å². The third-order valence-electron chi connectivity index (χ3n) is 3.48. The Bertz CT molecular complexity index is 660. The molecule has 0 radical (unpaired) electrons. The number of anilines is 1. The van der Waals surface area contributed by atoms with Crippen LogP contribution in [0.4, 0.5) is 10.1 Å². The first-order valence-corrected chi connectivity index (χ1v) is 6.11. The molecule has 0 aliphatic rings. The molecule has 0 saturated carbocycles. The maximum atomic E-state index is 14.3. The highest BCUT2D eigenvalue weighted by Gasteiger charge is 2.13. The number of nitrogen functional groups attached to an aromatic ring is 1. The van der Waals surface area contributed by atoms with E-state index in [1.165, 1.54) is 0 Å². The average Bonchev–Trinajstić information content (AvgIpc) is 2.39. The highest BCUT2D eigenvalue weighted by Crippen LogP contribution is 2.28. The summed E-state index contributed by atoms with van der Waals surface area (Å²) in [6, 6.07) is 5.33. The van der Waals surface area contributed by atoms with E-state index in [9.17, 15) is 4.39 Å². The van der Waals surface area contributed by atoms with Crippen molar-refractivity contribution in [2.45, 2.75) is 20.8 Å². The fourth-order valence-electron chi connectivity index (χ4n) is 1.97. The number of pyridine rings is 1. The van der Waals surface area contributed by atoms with Gasteiger partial charge in [0.25, 0.3) is 0 Å². The smallest absolute Gasteiger partial charge is 0.135 e. The Morgan fingerprint density at radius 3 is 2.53 bits per heavy atom. The van der Waals surface area contributed by atoms with Gasteiger partial charge < -0.3 is 5.73 Å². The molecule has 0 spiro atoms. The van der Waals surface area contributed by atoms with Crippen molar-refractivity contribution in [2.24, 2.45) is 0 Å². The number of hydrogen-bond acceptors (Lipinski definition) is 2. The summed E-state index contributed by atoms with van der Waals surface area (Å²) in [5.41, 5.74) is 10.7. The lowest BCUT2D eigenvalue weighted by atomic mass is 10.0. The number of nitrogens with zero attached hydrogens (tertiary/aromatic N) is 1. The quantitative estimate of drug-likeness (QED) is 0.880. The number of aryl methyl sites for hydroxylation is 1. The summed E-state index contributed by atoms with van der Waals surface area (Å²) < 4.78 is 14.3. The van der Waals surface area contributed by atoms with Gasteiger partial charge in [-0.2, -0.15) is 0 Å². The summed E-state index contributed by atoms with van der Waals surface area (Å²) in [5, 5.41) is 0. The topological polar surface area (TPSA) is 38.9 Å². The Hall–Kier alpha value is -2.16. The first kappa shape index (κ1) is 13.3. The van der Waals surface area contributed by atoms with E-state index < -0.39 is 0 Å². The molecule has 3 heteroatoms. The highest BCUT2D eigenvalue weighted by atomic mass is 19.1. The van der Waals surface area contributed by atoms with Crippen molar-refractivity contribution in [3.05, 3.63) is 53.0 Å². The molecule has 2 aromatic rings. The van der Waals surface area contributed by atoms with E-state index in [1.807, 2.05) is 19.9 Å². The Morgan fingerprint density at radius 2 is 1.89 bits per heavy atom. The second kappa shape index (κ2) is 4.84. The lowest BCUT2D eigenvalue weighted by Gasteiger charge is -2.11. The van der Waals surface area contributed by atoms with Crippen molar-refractivity contribution < 1.29 is 4.39 Å². The summed E-state index contributed by atoms with van der Waals surface area (Å²) in [6.07, 6.45) is 1.63. The Morgan fingerprint density at radius 1 is 1.21 bits per heavy atom. The SMILES string of the molecule is C=Cc1nc(-c2ccc(C)c(C)c2F)cc(N)c1C. The van der Waals surface area contributed by atoms with Crippen LogP contribution >= 0.6 is 0 Å². The van der Waals surface area contributed by atoms with Crippen molar-refractivity contribution in [1.29, 1.82) is 0 Å². The average molecular weight is 256 g/mol. The van der Waals surface area contributed by atoms with Crippen LogP contribution in [0.3, 0.4) is 0 Å². The van der Waals surface area contributed by atoms with E-state index in [-0.39, 0.29) is 5.82 Å². The second-order valence-corrected chi connectivity index (χ2v) is 4.68. The van der Waals surface area contributed by atoms with Gasteiger partial charge in [0.2, 0.25) is 0 Å². The zero-order valence-corrected chi connectivity index (χ0v) is 11.4. The molecule has 2 rings (SSSR count). The number of rotatable bonds is 2. The summed E-state index contributed by atoms with van der Waals surface area (Å²) in [5.74, 6) is -0.245. The predicted octanol–water partition coefficient (Wildman–Crippen LogP) is 4.04. The molecule has 0 saturated heterocycles. The predicted molar refractivity (Wildman–Crippen MR) is 78.3 cm³/mol. The van der Waals surface area contributed by atoms with Gasteiger partial charge in [0.05, 0.1) is 11.4 Å². The number of halogens is 1. The number of aromatic nitrogens is 1. The number of hydrogen-bond donors (Lipinski definition) is 1. The molecule has 0 atom stereocenters. The Kier molecular flexibility index (Phi) is 3.38. The van der Waals surface area contributed by atoms with E-state index in [2.05, 4.69) is 11.6 Å². The molecule has 0 aliphatic heterocycles. The normalized spacial score (nSPS) is 10.5. The number of nitrogens with two attached hydrogens (primary N) is 1. The maximum absolute atomic E-state index is 14.3. The van der Waals surface area contributed by atoms with Crippen molar-refractivity contribution in [1.82, 2.24) is 4.98 Å². The molecule has 19 heavy (non-hydrogen) atoms. The first-order chi connectivity index (χ1) is 8.95. The van der Waals surface area contributed by atoms with Gasteiger partial charge in [-0.25, -0.2) is 9.37 Å². The van der Waals surface area contributed by atoms with Crippen molar-refractivity contribution in [3.8, 4) is 11.3 Å². The zero-order chi connectivity index (χ0) is 14.2. The molecule has 0 aliphatic carbocycles. The Balaban J connectivity index is 2.69. The largest absolute Gasteiger partial charge is 0.398 e. The molecular weight excluding hydrogens is 239 g/mol. The molecule has 1 heterocycles. The maximum Gasteiger partial charge on any atom is 0.135 e. The van der Waals surface area contributed by atoms with Crippen LogP contribution < -0.4 is 5.73 Å². The van der Waals surface area contributed by atoms with Gasteiger partial charge in [0, 0.05) is 11.3 Å². The minimum atomic E-state index is -0.245. The highest BCUT2D eigenvalue weighted by molar-refractivity contribution is 5.70. The van der Waals surface area contributed by atoms with Gasteiger partial charge in [-0.05, 0) is 55.7 Å². The summed E-state index contributed by atoms with van der Waals surface area (Å²) in [7, 11) is 0. The lowest BCUT2D eigenvalue weighted by Crippen LogP contribution is -2.00. The molecule has 0 bridgehead atoms. The standard InChI is InChI=1S/C16H17FN2/c1-5-14-11(4)13(18)8-15(19-14)12-7-6-9(2)10(3)16(12)17/h5-8H,1H2,2-4H3,(H2,18,19). The third-order valence-corrected chi connectivity index (χ3v) is 3.48. The fraction of sp³-hybridized carbons (Fsp3) is 0.188. The third kappa shape index (κ3) is 2.24. The van der Waals surface area contributed by atoms with Gasteiger partial charge >= 0.3 is 0 Å². The van der Waals surface area contributed by atoms with Crippen LogP contribution in [0.25, 0.3) is 17.3 Å². The van der Waals surface area contributed by atoms with E-state index in [0.717, 1.165) is 11.1 Å². The van der Waals surface area contributed by atoms with Crippen LogP contribution in [-0.2, 0) is 0 Å². The first-order valence-electron chi connectivity index (χ1n) is 6.11.